The van der Waals surface area contributed by atoms with E-state index in [2.05, 4.69) is 10.1 Å². The topological polar surface area (TPSA) is 77.7 Å². The van der Waals surface area contributed by atoms with Gasteiger partial charge in [0.25, 0.3) is 18.0 Å². The van der Waals surface area contributed by atoms with Crippen LogP contribution in [0.5, 0.6) is 11.5 Å². The summed E-state index contributed by atoms with van der Waals surface area (Å²) in [5.41, 5.74) is 0.979. The number of benzene rings is 1. The molecule has 0 radical (unpaired) electrons. The molecule has 9 heteroatoms. The van der Waals surface area contributed by atoms with Crippen LogP contribution in [0.25, 0.3) is 11.1 Å². The molecule has 1 aliphatic rings. The van der Waals surface area contributed by atoms with E-state index in [1.807, 2.05) is 6.07 Å². The van der Waals surface area contributed by atoms with E-state index < -0.39 is 6.43 Å². The lowest BCUT2D eigenvalue weighted by Gasteiger charge is -2.31. The Hall–Kier alpha value is -3.23. The molecular weight excluding hydrogens is 408 g/mol. The second-order valence-corrected chi connectivity index (χ2v) is 7.48. The van der Waals surface area contributed by atoms with Crippen molar-refractivity contribution >= 4 is 17.0 Å². The fraction of sp³-hybridized carbons (Fsp3) is 0.409. The minimum atomic E-state index is -2.64. The first-order valence-electron chi connectivity index (χ1n) is 10.1. The number of carbonyl (C=O) groups excluding carboxylic acids is 1. The molecule has 0 unspecified atom stereocenters. The lowest BCUT2D eigenvalue weighted by molar-refractivity contribution is -0.134. The van der Waals surface area contributed by atoms with Gasteiger partial charge in [0.05, 0.1) is 18.2 Å². The smallest absolute Gasteiger partial charge is 0.264 e. The van der Waals surface area contributed by atoms with Crippen molar-refractivity contribution in [3.63, 3.8) is 0 Å². The van der Waals surface area contributed by atoms with Gasteiger partial charge in [-0.2, -0.15) is 0 Å². The predicted octanol–water partition coefficient (Wildman–Crippen LogP) is 4.26. The standard InChI is InChI=1S/C22H23F2N3O4/c1-13-20-15(21(23)24)11-16(25-22(20)31-26-13)14-7-9-27(10-8-14)19(28)12-30-18-6-4-3-5-17(18)29-2/h3-6,11,14,21H,7-10,12H2,1-2H3. The number of piperidine rings is 1. The quantitative estimate of drug-likeness (QED) is 0.580. The molecule has 31 heavy (non-hydrogen) atoms. The monoisotopic (exact) mass is 431 g/mol. The summed E-state index contributed by atoms with van der Waals surface area (Å²) in [6, 6.07) is 8.58. The van der Waals surface area contributed by atoms with Crippen LogP contribution < -0.4 is 9.47 Å². The highest BCUT2D eigenvalue weighted by Gasteiger charge is 2.28. The number of ether oxygens (including phenoxy) is 2. The number of amides is 1. The normalized spacial score (nSPS) is 14.9. The Bertz CT molecular complexity index is 1080. The van der Waals surface area contributed by atoms with Crippen LogP contribution in [0.15, 0.2) is 34.9 Å². The van der Waals surface area contributed by atoms with Crippen LogP contribution in [0.4, 0.5) is 8.78 Å². The minimum Gasteiger partial charge on any atom is -0.493 e. The van der Waals surface area contributed by atoms with Gasteiger partial charge in [-0.1, -0.05) is 17.3 Å². The molecule has 1 amide bonds. The fourth-order valence-corrected chi connectivity index (χ4v) is 3.92. The summed E-state index contributed by atoms with van der Waals surface area (Å²) in [6.07, 6.45) is -1.40. The number of aromatic nitrogens is 2. The number of hydrogen-bond acceptors (Lipinski definition) is 6. The summed E-state index contributed by atoms with van der Waals surface area (Å²) in [5, 5.41) is 4.05. The van der Waals surface area contributed by atoms with Gasteiger partial charge in [0.15, 0.2) is 18.1 Å². The van der Waals surface area contributed by atoms with Crippen molar-refractivity contribution in [2.75, 3.05) is 26.8 Å². The van der Waals surface area contributed by atoms with Crippen molar-refractivity contribution in [1.82, 2.24) is 15.0 Å². The minimum absolute atomic E-state index is 0.0357. The highest BCUT2D eigenvalue weighted by Crippen LogP contribution is 2.35. The molecule has 3 heterocycles. The second-order valence-electron chi connectivity index (χ2n) is 7.48. The number of alkyl halides is 2. The zero-order valence-electron chi connectivity index (χ0n) is 17.3. The van der Waals surface area contributed by atoms with E-state index in [0.717, 1.165) is 0 Å². The zero-order chi connectivity index (χ0) is 22.0. The average Bonchev–Trinajstić information content (AvgIpc) is 3.17. The number of methoxy groups -OCH3 is 1. The summed E-state index contributed by atoms with van der Waals surface area (Å²) in [6.45, 7) is 2.52. The summed E-state index contributed by atoms with van der Waals surface area (Å²) >= 11 is 0. The third-order valence-corrected chi connectivity index (χ3v) is 5.59. The molecule has 0 bridgehead atoms. The average molecular weight is 431 g/mol. The Morgan fingerprint density at radius 1 is 1.26 bits per heavy atom. The molecule has 1 aromatic carbocycles. The van der Waals surface area contributed by atoms with Crippen LogP contribution in [0.1, 0.15) is 42.1 Å². The van der Waals surface area contributed by atoms with E-state index >= 15 is 0 Å². The lowest BCUT2D eigenvalue weighted by atomic mass is 9.91. The number of fused-ring (bicyclic) bond motifs is 1. The first-order valence-corrected chi connectivity index (χ1v) is 10.1. The molecule has 0 N–H and O–H groups in total. The SMILES string of the molecule is COc1ccccc1OCC(=O)N1CCC(c2cc(C(F)F)c3c(C)noc3n2)CC1. The maximum Gasteiger partial charge on any atom is 0.264 e. The zero-order valence-corrected chi connectivity index (χ0v) is 17.3. The number of hydrogen-bond donors (Lipinski definition) is 0. The molecule has 1 aliphatic heterocycles. The summed E-state index contributed by atoms with van der Waals surface area (Å²) in [7, 11) is 1.54. The highest BCUT2D eigenvalue weighted by molar-refractivity contribution is 5.80. The number of nitrogens with zero attached hydrogens (tertiary/aromatic N) is 3. The molecule has 1 fully saturated rings. The highest BCUT2D eigenvalue weighted by atomic mass is 19.3. The molecule has 0 saturated carbocycles. The number of aryl methyl sites for hydroxylation is 1. The van der Waals surface area contributed by atoms with Gasteiger partial charge in [-0.15, -0.1) is 0 Å². The van der Waals surface area contributed by atoms with Crippen LogP contribution in [0.2, 0.25) is 0 Å². The summed E-state index contributed by atoms with van der Waals surface area (Å²) in [4.78, 5) is 18.7. The Morgan fingerprint density at radius 3 is 2.65 bits per heavy atom. The van der Waals surface area contributed by atoms with Crippen molar-refractivity contribution in [3.05, 3.63) is 47.3 Å². The van der Waals surface area contributed by atoms with Crippen molar-refractivity contribution in [3.8, 4) is 11.5 Å². The first-order chi connectivity index (χ1) is 15.0. The molecule has 3 aromatic rings. The predicted molar refractivity (Wildman–Crippen MR) is 109 cm³/mol. The van der Waals surface area contributed by atoms with Gasteiger partial charge in [0.2, 0.25) is 0 Å². The Labute approximate surface area is 177 Å². The fourth-order valence-electron chi connectivity index (χ4n) is 3.92. The van der Waals surface area contributed by atoms with E-state index in [1.165, 1.54) is 6.07 Å². The van der Waals surface area contributed by atoms with Crippen LogP contribution in [0.3, 0.4) is 0 Å². The van der Waals surface area contributed by atoms with E-state index in [9.17, 15) is 13.6 Å². The van der Waals surface area contributed by atoms with Gasteiger partial charge in [-0.3, -0.25) is 4.79 Å². The van der Waals surface area contributed by atoms with Gasteiger partial charge in [-0.25, -0.2) is 13.8 Å². The van der Waals surface area contributed by atoms with E-state index in [1.54, 1.807) is 37.1 Å². The number of para-hydroxylation sites is 2. The molecular formula is C22H23F2N3O4. The Balaban J connectivity index is 1.40. The van der Waals surface area contributed by atoms with Gasteiger partial charge in [-0.05, 0) is 38.0 Å². The molecule has 7 nitrogen and oxygen atoms in total. The second kappa shape index (κ2) is 8.87. The van der Waals surface area contributed by atoms with Crippen LogP contribution in [-0.2, 0) is 4.79 Å². The molecule has 0 atom stereocenters. The molecule has 4 rings (SSSR count). The summed E-state index contributed by atoms with van der Waals surface area (Å²) in [5.74, 6) is 0.902. The van der Waals surface area contributed by atoms with Crippen LogP contribution in [0, 0.1) is 6.92 Å². The molecule has 0 spiro atoms. The molecule has 164 valence electrons. The number of carbonyl (C=O) groups is 1. The van der Waals surface area contributed by atoms with Gasteiger partial charge < -0.3 is 18.9 Å². The van der Waals surface area contributed by atoms with Gasteiger partial charge in [0.1, 0.15) is 0 Å². The van der Waals surface area contributed by atoms with Crippen molar-refractivity contribution in [2.24, 2.45) is 0 Å². The number of likely N-dealkylation sites (tertiary alicyclic amines) is 1. The van der Waals surface area contributed by atoms with Crippen LogP contribution >= 0.6 is 0 Å². The molecule has 0 aliphatic carbocycles. The number of halogens is 2. The molecule has 2 aromatic heterocycles. The largest absolute Gasteiger partial charge is 0.493 e. The Kier molecular flexibility index (Phi) is 6.01. The lowest BCUT2D eigenvalue weighted by Crippen LogP contribution is -2.40. The number of pyridine rings is 1. The third kappa shape index (κ3) is 4.30. The van der Waals surface area contributed by atoms with Crippen molar-refractivity contribution < 1.29 is 27.6 Å². The van der Waals surface area contributed by atoms with Crippen molar-refractivity contribution in [2.45, 2.75) is 32.1 Å². The molecule has 1 saturated heterocycles. The van der Waals surface area contributed by atoms with Crippen LogP contribution in [-0.4, -0.2) is 47.8 Å². The summed E-state index contributed by atoms with van der Waals surface area (Å²) < 4.78 is 43.1. The van der Waals surface area contributed by atoms with Gasteiger partial charge in [0, 0.05) is 30.3 Å². The van der Waals surface area contributed by atoms with E-state index in [4.69, 9.17) is 14.0 Å². The van der Waals surface area contributed by atoms with Gasteiger partial charge >= 0.3 is 0 Å². The Morgan fingerprint density at radius 2 is 1.97 bits per heavy atom. The van der Waals surface area contributed by atoms with E-state index in [-0.39, 0.29) is 35.1 Å². The first kappa shape index (κ1) is 21.0. The maximum absolute atomic E-state index is 13.6. The number of rotatable bonds is 6. The third-order valence-electron chi connectivity index (χ3n) is 5.59. The maximum atomic E-state index is 13.6. The van der Waals surface area contributed by atoms with Crippen molar-refractivity contribution in [1.29, 1.82) is 0 Å². The van der Waals surface area contributed by atoms with E-state index in [0.29, 0.717) is 48.8 Å².